The molecule has 0 fully saturated rings. The van der Waals surface area contributed by atoms with Crippen LogP contribution in [-0.2, 0) is 9.53 Å². The smallest absolute Gasteiger partial charge is 0.305 e. The number of carbonyl (C=O) groups is 1. The molecule has 0 bridgehead atoms. The lowest BCUT2D eigenvalue weighted by molar-refractivity contribution is -0.368. The highest BCUT2D eigenvalue weighted by atomic mass is 16.5. The van der Waals surface area contributed by atoms with E-state index in [0.29, 0.717) is 13.0 Å². The maximum absolute atomic E-state index is 12.1. The van der Waals surface area contributed by atoms with E-state index in [1.165, 1.54) is 41.5 Å². The van der Waals surface area contributed by atoms with Gasteiger partial charge in [-0.3, -0.25) is 4.79 Å². The van der Waals surface area contributed by atoms with Gasteiger partial charge in [0.25, 0.3) is 0 Å². The summed E-state index contributed by atoms with van der Waals surface area (Å²) >= 11 is 0. The fourth-order valence-corrected chi connectivity index (χ4v) is 3.66. The molecular weight excluding hydrogens is 310 g/mol. The monoisotopic (exact) mass is 338 g/mol. The average molecular weight is 338 g/mol. The molecule has 1 aliphatic rings. The first-order valence-corrected chi connectivity index (χ1v) is 9.44. The third-order valence-electron chi connectivity index (χ3n) is 5.00. The van der Waals surface area contributed by atoms with Crippen molar-refractivity contribution >= 4 is 5.97 Å². The molecule has 0 unspecified atom stereocenters. The van der Waals surface area contributed by atoms with E-state index in [1.54, 1.807) is 0 Å². The van der Waals surface area contributed by atoms with Gasteiger partial charge in [-0.2, -0.15) is 0 Å². The van der Waals surface area contributed by atoms with Gasteiger partial charge in [-0.25, -0.2) is 0 Å². The topological polar surface area (TPSA) is 53.9 Å². The van der Waals surface area contributed by atoms with E-state index >= 15 is 0 Å². The molecule has 0 aromatic heterocycles. The second-order valence-corrected chi connectivity index (χ2v) is 6.78. The van der Waals surface area contributed by atoms with Crippen molar-refractivity contribution < 1.29 is 15.3 Å². The molecule has 0 aliphatic heterocycles. The minimum absolute atomic E-state index is 0.0704. The van der Waals surface area contributed by atoms with Crippen molar-refractivity contribution in [1.29, 1.82) is 0 Å². The van der Waals surface area contributed by atoms with Gasteiger partial charge in [0.1, 0.15) is 6.61 Å². The molecule has 0 heterocycles. The van der Waals surface area contributed by atoms with Gasteiger partial charge < -0.3 is 10.5 Å². The molecule has 0 radical (unpaired) electrons. The van der Waals surface area contributed by atoms with Crippen LogP contribution < -0.4 is 5.73 Å². The lowest BCUT2D eigenvalue weighted by atomic mass is 9.98. The molecule has 3 N–H and O–H groups in total. The molecule has 0 saturated carbocycles. The van der Waals surface area contributed by atoms with Gasteiger partial charge in [0.2, 0.25) is 0 Å². The molecule has 0 saturated heterocycles. The second-order valence-electron chi connectivity index (χ2n) is 6.78. The zero-order valence-electron chi connectivity index (χ0n) is 14.9. The summed E-state index contributed by atoms with van der Waals surface area (Å²) in [6, 6.07) is 16.9. The maximum Gasteiger partial charge on any atom is 0.305 e. The van der Waals surface area contributed by atoms with E-state index in [-0.39, 0.29) is 11.9 Å². The number of ether oxygens (including phenoxy) is 1. The van der Waals surface area contributed by atoms with Crippen LogP contribution in [0.2, 0.25) is 0 Å². The highest BCUT2D eigenvalue weighted by Crippen LogP contribution is 2.44. The SMILES string of the molecule is [NH3+]CCCCCCCC(=O)OCC1c2ccccc2-c2ccccc21. The number of hydrogen-bond acceptors (Lipinski definition) is 2. The molecule has 3 nitrogen and oxygen atoms in total. The van der Waals surface area contributed by atoms with Gasteiger partial charge in [-0.15, -0.1) is 0 Å². The number of rotatable bonds is 9. The minimum atomic E-state index is -0.0704. The largest absolute Gasteiger partial charge is 0.465 e. The summed E-state index contributed by atoms with van der Waals surface area (Å²) in [4.78, 5) is 12.1. The van der Waals surface area contributed by atoms with Crippen molar-refractivity contribution in [3.8, 4) is 11.1 Å². The third kappa shape index (κ3) is 4.29. The molecule has 25 heavy (non-hydrogen) atoms. The molecule has 0 atom stereocenters. The van der Waals surface area contributed by atoms with Crippen LogP contribution in [0.15, 0.2) is 48.5 Å². The van der Waals surface area contributed by atoms with Crippen LogP contribution in [0.4, 0.5) is 0 Å². The second kappa shape index (κ2) is 8.82. The average Bonchev–Trinajstić information content (AvgIpc) is 2.97. The van der Waals surface area contributed by atoms with Gasteiger partial charge in [-0.05, 0) is 41.5 Å². The molecule has 3 rings (SSSR count). The molecule has 3 heteroatoms. The Kier molecular flexibility index (Phi) is 6.24. The number of hydrogen-bond donors (Lipinski definition) is 1. The normalized spacial score (nSPS) is 12.7. The van der Waals surface area contributed by atoms with E-state index in [0.717, 1.165) is 19.4 Å². The minimum Gasteiger partial charge on any atom is -0.465 e. The number of carbonyl (C=O) groups excluding carboxylic acids is 1. The zero-order chi connectivity index (χ0) is 17.5. The van der Waals surface area contributed by atoms with Crippen molar-refractivity contribution in [1.82, 2.24) is 0 Å². The lowest BCUT2D eigenvalue weighted by Crippen LogP contribution is -2.50. The summed E-state index contributed by atoms with van der Waals surface area (Å²) in [5, 5.41) is 0. The Bertz CT molecular complexity index is 665. The van der Waals surface area contributed by atoms with E-state index < -0.39 is 0 Å². The molecular formula is C22H28NO2+. The Hall–Kier alpha value is -2.13. The molecule has 0 spiro atoms. The summed E-state index contributed by atoms with van der Waals surface area (Å²) in [6.45, 7) is 1.45. The number of esters is 1. The highest BCUT2D eigenvalue weighted by molar-refractivity contribution is 5.79. The molecule has 0 amide bonds. The number of benzene rings is 2. The van der Waals surface area contributed by atoms with E-state index in [9.17, 15) is 4.79 Å². The van der Waals surface area contributed by atoms with Crippen LogP contribution in [0, 0.1) is 0 Å². The predicted molar refractivity (Wildman–Crippen MR) is 100 cm³/mol. The Morgan fingerprint density at radius 1 is 0.840 bits per heavy atom. The van der Waals surface area contributed by atoms with Crippen molar-refractivity contribution in [3.63, 3.8) is 0 Å². The first kappa shape index (κ1) is 17.7. The summed E-state index contributed by atoms with van der Waals surface area (Å²) in [6.07, 6.45) is 6.14. The standard InChI is InChI=1S/C22H27NO2/c23-15-9-3-1-2-4-14-22(24)25-16-21-19-12-7-5-10-17(19)18-11-6-8-13-20(18)21/h5-8,10-13,21H,1-4,9,14-16,23H2/p+1. The van der Waals surface area contributed by atoms with Crippen molar-refractivity contribution in [3.05, 3.63) is 59.7 Å². The van der Waals surface area contributed by atoms with Gasteiger partial charge in [-0.1, -0.05) is 61.4 Å². The maximum atomic E-state index is 12.1. The third-order valence-corrected chi connectivity index (χ3v) is 5.00. The molecule has 2 aromatic carbocycles. The number of unbranched alkanes of at least 4 members (excludes halogenated alkanes) is 4. The summed E-state index contributed by atoms with van der Waals surface area (Å²) in [5.74, 6) is 0.0902. The lowest BCUT2D eigenvalue weighted by Gasteiger charge is -2.14. The molecule has 1 aliphatic carbocycles. The Morgan fingerprint density at radius 2 is 1.40 bits per heavy atom. The van der Waals surface area contributed by atoms with Gasteiger partial charge in [0.15, 0.2) is 0 Å². The Labute approximate surface area is 150 Å². The van der Waals surface area contributed by atoms with Crippen LogP contribution in [0.3, 0.4) is 0 Å². The van der Waals surface area contributed by atoms with Crippen LogP contribution in [0.5, 0.6) is 0 Å². The van der Waals surface area contributed by atoms with Gasteiger partial charge >= 0.3 is 5.97 Å². The summed E-state index contributed by atoms with van der Waals surface area (Å²) < 4.78 is 5.62. The van der Waals surface area contributed by atoms with Crippen LogP contribution in [0.1, 0.15) is 55.6 Å². The summed E-state index contributed by atoms with van der Waals surface area (Å²) in [5.41, 5.74) is 8.92. The van der Waals surface area contributed by atoms with E-state index in [2.05, 4.69) is 54.3 Å². The Morgan fingerprint density at radius 3 is 2.04 bits per heavy atom. The quantitative estimate of drug-likeness (QED) is 0.556. The zero-order valence-corrected chi connectivity index (χ0v) is 14.9. The first-order valence-electron chi connectivity index (χ1n) is 9.44. The fourth-order valence-electron chi connectivity index (χ4n) is 3.66. The fraction of sp³-hybridized carbons (Fsp3) is 0.409. The van der Waals surface area contributed by atoms with Crippen LogP contribution >= 0.6 is 0 Å². The van der Waals surface area contributed by atoms with Crippen molar-refractivity contribution in [2.24, 2.45) is 0 Å². The number of fused-ring (bicyclic) bond motifs is 3. The first-order chi connectivity index (χ1) is 12.3. The molecule has 2 aromatic rings. The summed E-state index contributed by atoms with van der Waals surface area (Å²) in [7, 11) is 0. The van der Waals surface area contributed by atoms with Gasteiger partial charge in [0, 0.05) is 12.3 Å². The Balaban J connectivity index is 1.52. The van der Waals surface area contributed by atoms with Crippen LogP contribution in [-0.4, -0.2) is 19.1 Å². The number of quaternary nitrogens is 1. The van der Waals surface area contributed by atoms with Gasteiger partial charge in [0.05, 0.1) is 6.54 Å². The highest BCUT2D eigenvalue weighted by Gasteiger charge is 2.28. The van der Waals surface area contributed by atoms with E-state index in [4.69, 9.17) is 4.74 Å². The predicted octanol–water partition coefficient (Wildman–Crippen LogP) is 3.92. The molecule has 132 valence electrons. The van der Waals surface area contributed by atoms with Crippen LogP contribution in [0.25, 0.3) is 11.1 Å². The van der Waals surface area contributed by atoms with E-state index in [1.807, 2.05) is 0 Å². The van der Waals surface area contributed by atoms with Crippen molar-refractivity contribution in [2.45, 2.75) is 44.4 Å². The van der Waals surface area contributed by atoms with Crippen molar-refractivity contribution in [2.75, 3.05) is 13.2 Å².